The standard InChI is InChI=1S/C30H36O4/c1-4-6-7-8-9-22-33-28-20-14-24(15-21-28)23-10-12-26(13-11-23)30(31)34-29(5-2)25-16-18-27(32-3)19-17-25/h10-21,29H,4-9,22H2,1-3H3. The Hall–Kier alpha value is -3.27. The lowest BCUT2D eigenvalue weighted by atomic mass is 10.0. The molecule has 0 saturated carbocycles. The summed E-state index contributed by atoms with van der Waals surface area (Å²) in [7, 11) is 1.63. The van der Waals surface area contributed by atoms with Crippen LogP contribution in [0, 0.1) is 0 Å². The van der Waals surface area contributed by atoms with Gasteiger partial charge in [-0.05, 0) is 65.9 Å². The average molecular weight is 461 g/mol. The molecule has 0 bridgehead atoms. The molecule has 3 aromatic rings. The van der Waals surface area contributed by atoms with Crippen molar-refractivity contribution in [2.75, 3.05) is 13.7 Å². The molecular formula is C30H36O4. The molecule has 0 aliphatic carbocycles. The highest BCUT2D eigenvalue weighted by Gasteiger charge is 2.16. The molecule has 180 valence electrons. The second-order valence-corrected chi connectivity index (χ2v) is 8.44. The van der Waals surface area contributed by atoms with E-state index in [4.69, 9.17) is 14.2 Å². The molecule has 0 aliphatic rings. The van der Waals surface area contributed by atoms with E-state index in [0.717, 1.165) is 41.2 Å². The van der Waals surface area contributed by atoms with Crippen molar-refractivity contribution < 1.29 is 19.0 Å². The van der Waals surface area contributed by atoms with Gasteiger partial charge in [0.05, 0.1) is 19.3 Å². The Morgan fingerprint density at radius 2 is 1.32 bits per heavy atom. The smallest absolute Gasteiger partial charge is 0.338 e. The summed E-state index contributed by atoms with van der Waals surface area (Å²) in [4.78, 5) is 12.7. The summed E-state index contributed by atoms with van der Waals surface area (Å²) in [5, 5.41) is 0. The second-order valence-electron chi connectivity index (χ2n) is 8.44. The number of esters is 1. The van der Waals surface area contributed by atoms with E-state index < -0.39 is 0 Å². The molecule has 4 heteroatoms. The van der Waals surface area contributed by atoms with Crippen molar-refractivity contribution in [2.24, 2.45) is 0 Å². The maximum atomic E-state index is 12.7. The first-order chi connectivity index (χ1) is 16.6. The van der Waals surface area contributed by atoms with Crippen LogP contribution in [0.4, 0.5) is 0 Å². The molecule has 0 amide bonds. The minimum atomic E-state index is -0.322. The van der Waals surface area contributed by atoms with Gasteiger partial charge in [-0.2, -0.15) is 0 Å². The molecule has 0 saturated heterocycles. The lowest BCUT2D eigenvalue weighted by Gasteiger charge is -2.17. The van der Waals surface area contributed by atoms with Gasteiger partial charge in [0.1, 0.15) is 17.6 Å². The number of methoxy groups -OCH3 is 1. The maximum absolute atomic E-state index is 12.7. The number of ether oxygens (including phenoxy) is 3. The fraction of sp³-hybridized carbons (Fsp3) is 0.367. The van der Waals surface area contributed by atoms with Crippen molar-refractivity contribution in [3.05, 3.63) is 83.9 Å². The Labute approximate surface area is 203 Å². The predicted octanol–water partition coefficient (Wildman–Crippen LogP) is 8.02. The lowest BCUT2D eigenvalue weighted by Crippen LogP contribution is -2.11. The Bertz CT molecular complexity index is 991. The van der Waals surface area contributed by atoms with E-state index in [0.29, 0.717) is 12.0 Å². The summed E-state index contributed by atoms with van der Waals surface area (Å²) in [6, 6.07) is 23.3. The number of unbranched alkanes of at least 4 members (excludes halogenated alkanes) is 4. The molecule has 0 spiro atoms. The van der Waals surface area contributed by atoms with Gasteiger partial charge in [0.25, 0.3) is 0 Å². The lowest BCUT2D eigenvalue weighted by molar-refractivity contribution is 0.0288. The van der Waals surface area contributed by atoms with Crippen LogP contribution in [-0.4, -0.2) is 19.7 Å². The first-order valence-electron chi connectivity index (χ1n) is 12.3. The van der Waals surface area contributed by atoms with Crippen molar-refractivity contribution in [3.63, 3.8) is 0 Å². The van der Waals surface area contributed by atoms with Crippen LogP contribution in [0.3, 0.4) is 0 Å². The third-order valence-corrected chi connectivity index (χ3v) is 5.93. The zero-order valence-electron chi connectivity index (χ0n) is 20.6. The maximum Gasteiger partial charge on any atom is 0.338 e. The largest absolute Gasteiger partial charge is 0.497 e. The summed E-state index contributed by atoms with van der Waals surface area (Å²) in [6.45, 7) is 4.99. The molecule has 1 atom stereocenters. The van der Waals surface area contributed by atoms with E-state index in [-0.39, 0.29) is 12.1 Å². The summed E-state index contributed by atoms with van der Waals surface area (Å²) in [5.74, 6) is 1.35. The van der Waals surface area contributed by atoms with Gasteiger partial charge in [-0.25, -0.2) is 4.79 Å². The van der Waals surface area contributed by atoms with Crippen LogP contribution in [0.5, 0.6) is 11.5 Å². The van der Waals surface area contributed by atoms with Crippen molar-refractivity contribution >= 4 is 5.97 Å². The van der Waals surface area contributed by atoms with Crippen molar-refractivity contribution in [2.45, 2.75) is 58.5 Å². The van der Waals surface area contributed by atoms with E-state index in [1.807, 2.05) is 67.6 Å². The Morgan fingerprint density at radius 3 is 1.91 bits per heavy atom. The van der Waals surface area contributed by atoms with E-state index >= 15 is 0 Å². The first-order valence-corrected chi connectivity index (χ1v) is 12.3. The van der Waals surface area contributed by atoms with Crippen molar-refractivity contribution in [1.29, 1.82) is 0 Å². The van der Waals surface area contributed by atoms with Gasteiger partial charge in [0.2, 0.25) is 0 Å². The summed E-state index contributed by atoms with van der Waals surface area (Å²) >= 11 is 0. The van der Waals surface area contributed by atoms with E-state index in [2.05, 4.69) is 19.1 Å². The fourth-order valence-corrected chi connectivity index (χ4v) is 3.84. The molecule has 0 fully saturated rings. The summed E-state index contributed by atoms with van der Waals surface area (Å²) in [6.07, 6.45) is 6.56. The molecule has 0 N–H and O–H groups in total. The molecule has 0 aromatic heterocycles. The van der Waals surface area contributed by atoms with Crippen LogP contribution < -0.4 is 9.47 Å². The third-order valence-electron chi connectivity index (χ3n) is 5.93. The van der Waals surface area contributed by atoms with Crippen LogP contribution in [0.2, 0.25) is 0 Å². The monoisotopic (exact) mass is 460 g/mol. The highest BCUT2D eigenvalue weighted by Crippen LogP contribution is 2.26. The number of benzene rings is 3. The van der Waals surface area contributed by atoms with E-state index in [9.17, 15) is 4.79 Å². The molecule has 3 rings (SSSR count). The molecule has 4 nitrogen and oxygen atoms in total. The van der Waals surface area contributed by atoms with Crippen LogP contribution in [0.1, 0.15) is 74.4 Å². The van der Waals surface area contributed by atoms with Crippen LogP contribution >= 0.6 is 0 Å². The minimum Gasteiger partial charge on any atom is -0.497 e. The Morgan fingerprint density at radius 1 is 0.735 bits per heavy atom. The van der Waals surface area contributed by atoms with Crippen LogP contribution in [0.25, 0.3) is 11.1 Å². The predicted molar refractivity (Wildman–Crippen MR) is 138 cm³/mol. The zero-order chi connectivity index (χ0) is 24.2. The SMILES string of the molecule is CCCCCCCOc1ccc(-c2ccc(C(=O)OC(CC)c3ccc(OC)cc3)cc2)cc1. The van der Waals surface area contributed by atoms with Gasteiger partial charge in [0.15, 0.2) is 0 Å². The average Bonchev–Trinajstić information content (AvgIpc) is 2.89. The molecule has 34 heavy (non-hydrogen) atoms. The summed E-state index contributed by atoms with van der Waals surface area (Å²) < 4.78 is 16.8. The Kier molecular flexibility index (Phi) is 10.0. The summed E-state index contributed by atoms with van der Waals surface area (Å²) in [5.41, 5.74) is 3.63. The van der Waals surface area contributed by atoms with Crippen LogP contribution in [-0.2, 0) is 4.74 Å². The molecule has 3 aromatic carbocycles. The number of hydrogen-bond donors (Lipinski definition) is 0. The molecule has 0 heterocycles. The quantitative estimate of drug-likeness (QED) is 0.191. The minimum absolute atomic E-state index is 0.294. The molecule has 0 radical (unpaired) electrons. The Balaban J connectivity index is 1.54. The second kappa shape index (κ2) is 13.4. The number of carbonyl (C=O) groups is 1. The van der Waals surface area contributed by atoms with Crippen molar-refractivity contribution in [3.8, 4) is 22.6 Å². The fourth-order valence-electron chi connectivity index (χ4n) is 3.84. The van der Waals surface area contributed by atoms with Gasteiger partial charge in [-0.15, -0.1) is 0 Å². The molecular weight excluding hydrogens is 424 g/mol. The van der Waals surface area contributed by atoms with E-state index in [1.165, 1.54) is 25.7 Å². The highest BCUT2D eigenvalue weighted by atomic mass is 16.5. The van der Waals surface area contributed by atoms with Gasteiger partial charge >= 0.3 is 5.97 Å². The highest BCUT2D eigenvalue weighted by molar-refractivity contribution is 5.90. The number of rotatable bonds is 13. The van der Waals surface area contributed by atoms with Crippen LogP contribution in [0.15, 0.2) is 72.8 Å². The first kappa shape index (κ1) is 25.4. The number of hydrogen-bond acceptors (Lipinski definition) is 4. The van der Waals surface area contributed by atoms with Gasteiger partial charge in [0, 0.05) is 0 Å². The van der Waals surface area contributed by atoms with Crippen molar-refractivity contribution in [1.82, 2.24) is 0 Å². The third kappa shape index (κ3) is 7.38. The molecule has 1 unspecified atom stereocenters. The van der Waals surface area contributed by atoms with Gasteiger partial charge in [-0.1, -0.05) is 75.9 Å². The van der Waals surface area contributed by atoms with E-state index in [1.54, 1.807) is 7.11 Å². The topological polar surface area (TPSA) is 44.8 Å². The normalized spacial score (nSPS) is 11.6. The number of carbonyl (C=O) groups excluding carboxylic acids is 1. The molecule has 0 aliphatic heterocycles. The zero-order valence-corrected chi connectivity index (χ0v) is 20.6. The van der Waals surface area contributed by atoms with Gasteiger partial charge < -0.3 is 14.2 Å². The van der Waals surface area contributed by atoms with Gasteiger partial charge in [-0.3, -0.25) is 0 Å².